The van der Waals surface area contributed by atoms with E-state index >= 15 is 0 Å². The van der Waals surface area contributed by atoms with Crippen LogP contribution >= 0.6 is 0 Å². The van der Waals surface area contributed by atoms with Gasteiger partial charge >= 0.3 is 5.97 Å². The second-order valence-electron chi connectivity index (χ2n) is 2.87. The second kappa shape index (κ2) is 12.5. The fraction of sp³-hybridized carbons (Fsp3) is 0.700. The molecule has 3 nitrogen and oxygen atoms in total. The molecular weight excluding hydrogens is 202 g/mol. The van der Waals surface area contributed by atoms with Crippen molar-refractivity contribution < 1.29 is 27.3 Å². The highest BCUT2D eigenvalue weighted by molar-refractivity contribution is 5.70. The number of unbranched alkanes of at least 4 members (excludes halogenated alkanes) is 2. The largest absolute Gasteiger partial charge is 1.00 e. The minimum atomic E-state index is -0.119. The van der Waals surface area contributed by atoms with Crippen LogP contribution in [0.1, 0.15) is 26.2 Å². The molecule has 0 spiro atoms. The number of esters is 1. The first-order valence-corrected chi connectivity index (χ1v) is 4.89. The van der Waals surface area contributed by atoms with Gasteiger partial charge in [-0.1, -0.05) is 6.08 Å². The van der Waals surface area contributed by atoms with Gasteiger partial charge in [0.05, 0.1) is 13.2 Å². The molecule has 4 heteroatoms. The number of rotatable bonds is 8. The molecule has 0 amide bonds. The van der Waals surface area contributed by atoms with Crippen LogP contribution in [0.15, 0.2) is 12.7 Å². The van der Waals surface area contributed by atoms with Crippen molar-refractivity contribution in [3.63, 3.8) is 0 Å². The van der Waals surface area contributed by atoms with Crippen molar-refractivity contribution >= 4 is 5.97 Å². The van der Waals surface area contributed by atoms with E-state index in [2.05, 4.69) is 6.58 Å². The average Bonchev–Trinajstić information content (AvgIpc) is 2.11. The van der Waals surface area contributed by atoms with Gasteiger partial charge in [-0.15, -0.1) is 6.58 Å². The first-order chi connectivity index (χ1) is 6.31. The lowest BCUT2D eigenvalue weighted by molar-refractivity contribution is -0.645. The monoisotopic (exact) mass is 221 g/mol. The zero-order chi connectivity index (χ0) is 9.94. The van der Waals surface area contributed by atoms with Gasteiger partial charge in [0.15, 0.2) is 6.54 Å². The Morgan fingerprint density at radius 3 is 2.79 bits per heavy atom. The number of nitrogens with two attached hydrogens (primary N) is 1. The van der Waals surface area contributed by atoms with Crippen LogP contribution in [0, 0.1) is 0 Å². The van der Waals surface area contributed by atoms with Crippen molar-refractivity contribution in [2.24, 2.45) is 0 Å². The van der Waals surface area contributed by atoms with E-state index in [0.717, 1.165) is 25.8 Å². The number of hydrogen-bond acceptors (Lipinski definition) is 2. The normalized spacial score (nSPS) is 8.93. The number of halogens is 1. The van der Waals surface area contributed by atoms with E-state index in [9.17, 15) is 4.79 Å². The summed E-state index contributed by atoms with van der Waals surface area (Å²) in [4.78, 5) is 10.9. The molecule has 14 heavy (non-hydrogen) atoms. The van der Waals surface area contributed by atoms with Crippen molar-refractivity contribution in [1.82, 2.24) is 0 Å². The SMILES string of the molecule is C=CCCCC[NH2+]CC(=O)OCC.[Cl-]. The molecule has 0 rings (SSSR count). The van der Waals surface area contributed by atoms with E-state index in [0.29, 0.717) is 13.2 Å². The summed E-state index contributed by atoms with van der Waals surface area (Å²) < 4.78 is 4.78. The van der Waals surface area contributed by atoms with Crippen molar-refractivity contribution in [2.75, 3.05) is 19.7 Å². The lowest BCUT2D eigenvalue weighted by atomic mass is 10.2. The summed E-state index contributed by atoms with van der Waals surface area (Å²) in [6.45, 7) is 7.38. The van der Waals surface area contributed by atoms with Crippen LogP contribution in [0.2, 0.25) is 0 Å². The Hall–Kier alpha value is -0.540. The van der Waals surface area contributed by atoms with Crippen LogP contribution in [-0.2, 0) is 9.53 Å². The predicted octanol–water partition coefficient (Wildman–Crippen LogP) is -2.53. The van der Waals surface area contributed by atoms with Crippen molar-refractivity contribution in [1.29, 1.82) is 0 Å². The van der Waals surface area contributed by atoms with Gasteiger partial charge in [0, 0.05) is 0 Å². The van der Waals surface area contributed by atoms with Gasteiger partial charge in [-0.25, -0.2) is 4.79 Å². The summed E-state index contributed by atoms with van der Waals surface area (Å²) in [6, 6.07) is 0. The summed E-state index contributed by atoms with van der Waals surface area (Å²) in [5.74, 6) is -0.119. The van der Waals surface area contributed by atoms with Gasteiger partial charge in [0.2, 0.25) is 0 Å². The molecule has 2 N–H and O–H groups in total. The van der Waals surface area contributed by atoms with E-state index in [1.165, 1.54) is 0 Å². The summed E-state index contributed by atoms with van der Waals surface area (Å²) in [5.41, 5.74) is 0. The van der Waals surface area contributed by atoms with Crippen molar-refractivity contribution in [3.8, 4) is 0 Å². The fourth-order valence-corrected chi connectivity index (χ4v) is 1.02. The van der Waals surface area contributed by atoms with Crippen molar-refractivity contribution in [3.05, 3.63) is 12.7 Å². The highest BCUT2D eigenvalue weighted by Gasteiger charge is 2.02. The van der Waals surface area contributed by atoms with Crippen LogP contribution in [0.5, 0.6) is 0 Å². The molecule has 0 aromatic rings. The first kappa shape index (κ1) is 15.9. The molecule has 0 aliphatic carbocycles. The Morgan fingerprint density at radius 2 is 2.21 bits per heavy atom. The zero-order valence-corrected chi connectivity index (χ0v) is 9.55. The van der Waals surface area contributed by atoms with Gasteiger partial charge in [-0.05, 0) is 26.2 Å². The van der Waals surface area contributed by atoms with Gasteiger partial charge in [-0.2, -0.15) is 0 Å². The molecular formula is C10H20ClNO2. The predicted molar refractivity (Wildman–Crippen MR) is 52.3 cm³/mol. The molecule has 0 aromatic heterocycles. The summed E-state index contributed by atoms with van der Waals surface area (Å²) >= 11 is 0. The van der Waals surface area contributed by atoms with E-state index < -0.39 is 0 Å². The number of carbonyl (C=O) groups is 1. The molecule has 84 valence electrons. The standard InChI is InChI=1S/C10H19NO2.ClH/c1-3-5-6-7-8-11-9-10(12)13-4-2;/h3,11H,1,4-9H2,2H3;1H. The van der Waals surface area contributed by atoms with Crippen LogP contribution in [0.3, 0.4) is 0 Å². The van der Waals surface area contributed by atoms with E-state index in [4.69, 9.17) is 4.74 Å². The number of allylic oxidation sites excluding steroid dienone is 1. The van der Waals surface area contributed by atoms with E-state index in [-0.39, 0.29) is 18.4 Å². The molecule has 0 bridgehead atoms. The Kier molecular flexibility index (Phi) is 14.2. The highest BCUT2D eigenvalue weighted by Crippen LogP contribution is 1.91. The minimum Gasteiger partial charge on any atom is -1.00 e. The minimum absolute atomic E-state index is 0. The topological polar surface area (TPSA) is 42.9 Å². The fourth-order valence-electron chi connectivity index (χ4n) is 1.02. The molecule has 0 heterocycles. The maximum Gasteiger partial charge on any atom is 0.361 e. The summed E-state index contributed by atoms with van der Waals surface area (Å²) in [5, 5.41) is 1.99. The molecule has 0 aliphatic rings. The third-order valence-corrected chi connectivity index (χ3v) is 1.68. The molecule has 0 radical (unpaired) electrons. The molecule has 0 aliphatic heterocycles. The Balaban J connectivity index is 0. The van der Waals surface area contributed by atoms with E-state index in [1.807, 2.05) is 18.3 Å². The second-order valence-corrected chi connectivity index (χ2v) is 2.87. The number of carbonyl (C=O) groups excluding carboxylic acids is 1. The van der Waals surface area contributed by atoms with Crippen LogP contribution < -0.4 is 17.7 Å². The number of hydrogen-bond donors (Lipinski definition) is 1. The zero-order valence-electron chi connectivity index (χ0n) is 8.80. The molecule has 0 aromatic carbocycles. The molecule has 0 saturated carbocycles. The maximum absolute atomic E-state index is 10.9. The molecule has 0 fully saturated rings. The van der Waals surface area contributed by atoms with Gasteiger partial charge in [-0.3, -0.25) is 0 Å². The average molecular weight is 222 g/mol. The summed E-state index contributed by atoms with van der Waals surface area (Å²) in [6.07, 6.45) is 5.27. The van der Waals surface area contributed by atoms with Crippen LogP contribution in [0.4, 0.5) is 0 Å². The van der Waals surface area contributed by atoms with Crippen LogP contribution in [0.25, 0.3) is 0 Å². The third-order valence-electron chi connectivity index (χ3n) is 1.68. The lowest BCUT2D eigenvalue weighted by Gasteiger charge is -2.00. The van der Waals surface area contributed by atoms with Gasteiger partial charge in [0.25, 0.3) is 0 Å². The quantitative estimate of drug-likeness (QED) is 0.279. The van der Waals surface area contributed by atoms with Gasteiger partial charge in [0.1, 0.15) is 0 Å². The highest BCUT2D eigenvalue weighted by atomic mass is 35.5. The lowest BCUT2D eigenvalue weighted by Crippen LogP contribution is -3.00. The van der Waals surface area contributed by atoms with E-state index in [1.54, 1.807) is 0 Å². The smallest absolute Gasteiger partial charge is 0.361 e. The molecule has 0 atom stereocenters. The summed E-state index contributed by atoms with van der Waals surface area (Å²) in [7, 11) is 0. The number of ether oxygens (including phenoxy) is 1. The third kappa shape index (κ3) is 11.5. The molecule has 0 unspecified atom stereocenters. The first-order valence-electron chi connectivity index (χ1n) is 4.89. The molecule has 0 saturated heterocycles. The Bertz CT molecular complexity index is 151. The van der Waals surface area contributed by atoms with Crippen molar-refractivity contribution in [2.45, 2.75) is 26.2 Å². The van der Waals surface area contributed by atoms with Crippen LogP contribution in [-0.4, -0.2) is 25.7 Å². The Morgan fingerprint density at radius 1 is 1.50 bits per heavy atom. The Labute approximate surface area is 92.3 Å². The van der Waals surface area contributed by atoms with Gasteiger partial charge < -0.3 is 22.5 Å². The maximum atomic E-state index is 10.9. The number of quaternary nitrogens is 1.